The Labute approximate surface area is 183 Å². The van der Waals surface area contributed by atoms with Gasteiger partial charge in [0.15, 0.2) is 0 Å². The number of rotatable bonds is 5. The summed E-state index contributed by atoms with van der Waals surface area (Å²) < 4.78 is 14.5. The van der Waals surface area contributed by atoms with Crippen LogP contribution in [0.2, 0.25) is 0 Å². The van der Waals surface area contributed by atoms with E-state index in [4.69, 9.17) is 0 Å². The minimum absolute atomic E-state index is 0.0546. The third kappa shape index (κ3) is 5.02. The molecular weight excluding hydrogens is 447 g/mol. The van der Waals surface area contributed by atoms with Crippen LogP contribution in [0.15, 0.2) is 65.4 Å². The van der Waals surface area contributed by atoms with Crippen LogP contribution in [-0.4, -0.2) is 29.0 Å². The molecule has 1 atom stereocenters. The van der Waals surface area contributed by atoms with Gasteiger partial charge in [-0.05, 0) is 48.2 Å². The number of aromatic nitrogens is 2. The fraction of sp³-hybridized carbons (Fsp3) is 0.261. The molecule has 0 radical (unpaired) electrons. The zero-order chi connectivity index (χ0) is 20.9. The SMILES string of the molecule is O=C(NCc1ccc(Br)cc1)[C@H]1CCCN(c2ncc(-c3cccc(F)c3)cn2)C1. The third-order valence-electron chi connectivity index (χ3n) is 5.25. The molecule has 7 heteroatoms. The zero-order valence-electron chi connectivity index (χ0n) is 16.4. The molecule has 2 aromatic carbocycles. The fourth-order valence-corrected chi connectivity index (χ4v) is 3.87. The van der Waals surface area contributed by atoms with Gasteiger partial charge in [-0.25, -0.2) is 14.4 Å². The van der Waals surface area contributed by atoms with E-state index in [1.807, 2.05) is 35.2 Å². The Morgan fingerprint density at radius 1 is 1.13 bits per heavy atom. The molecule has 0 bridgehead atoms. The number of amides is 1. The lowest BCUT2D eigenvalue weighted by atomic mass is 9.97. The van der Waals surface area contributed by atoms with Gasteiger partial charge >= 0.3 is 0 Å². The molecule has 0 unspecified atom stereocenters. The van der Waals surface area contributed by atoms with Gasteiger partial charge < -0.3 is 10.2 Å². The van der Waals surface area contributed by atoms with Gasteiger partial charge in [-0.1, -0.05) is 40.2 Å². The summed E-state index contributed by atoms with van der Waals surface area (Å²) in [5.41, 5.74) is 2.57. The molecule has 3 aromatic rings. The molecule has 30 heavy (non-hydrogen) atoms. The molecule has 4 rings (SSSR count). The van der Waals surface area contributed by atoms with Crippen LogP contribution in [-0.2, 0) is 11.3 Å². The van der Waals surface area contributed by atoms with Crippen LogP contribution in [0, 0.1) is 11.7 Å². The lowest BCUT2D eigenvalue weighted by Gasteiger charge is -2.32. The molecule has 1 N–H and O–H groups in total. The molecule has 0 aliphatic carbocycles. The standard InChI is InChI=1S/C23H22BrFN4O/c24-20-8-6-16(7-9-20)12-26-22(30)18-4-2-10-29(15-18)23-27-13-19(14-28-23)17-3-1-5-21(25)11-17/h1,3,5-9,11,13-14,18H,2,4,10,12,15H2,(H,26,30)/t18-/m0/s1. The van der Waals surface area contributed by atoms with Crippen LogP contribution >= 0.6 is 15.9 Å². The van der Waals surface area contributed by atoms with E-state index in [9.17, 15) is 9.18 Å². The van der Waals surface area contributed by atoms with Crippen LogP contribution in [0.25, 0.3) is 11.1 Å². The predicted octanol–water partition coefficient (Wildman–Crippen LogP) is 4.58. The number of carbonyl (C=O) groups is 1. The van der Waals surface area contributed by atoms with E-state index in [-0.39, 0.29) is 17.6 Å². The molecule has 154 valence electrons. The first-order valence-electron chi connectivity index (χ1n) is 9.93. The van der Waals surface area contributed by atoms with Crippen molar-refractivity contribution in [3.05, 3.63) is 76.8 Å². The number of nitrogens with zero attached hydrogens (tertiary/aromatic N) is 3. The Kier molecular flexibility index (Phi) is 6.38. The minimum Gasteiger partial charge on any atom is -0.352 e. The van der Waals surface area contributed by atoms with Gasteiger partial charge in [0.1, 0.15) is 5.82 Å². The normalized spacial score (nSPS) is 16.3. The smallest absolute Gasteiger partial charge is 0.225 e. The Morgan fingerprint density at radius 3 is 2.63 bits per heavy atom. The monoisotopic (exact) mass is 468 g/mol. The van der Waals surface area contributed by atoms with Gasteiger partial charge in [0.05, 0.1) is 5.92 Å². The van der Waals surface area contributed by atoms with Crippen molar-refractivity contribution in [2.24, 2.45) is 5.92 Å². The maximum absolute atomic E-state index is 13.4. The zero-order valence-corrected chi connectivity index (χ0v) is 18.0. The first-order valence-corrected chi connectivity index (χ1v) is 10.7. The second kappa shape index (κ2) is 9.34. The second-order valence-corrected chi connectivity index (χ2v) is 8.33. The van der Waals surface area contributed by atoms with Crippen LogP contribution in [0.1, 0.15) is 18.4 Å². The minimum atomic E-state index is -0.287. The molecule has 1 fully saturated rings. The van der Waals surface area contributed by atoms with E-state index in [2.05, 4.69) is 31.2 Å². The van der Waals surface area contributed by atoms with Crippen molar-refractivity contribution >= 4 is 27.8 Å². The summed E-state index contributed by atoms with van der Waals surface area (Å²) in [6, 6.07) is 14.3. The Balaban J connectivity index is 1.37. The van der Waals surface area contributed by atoms with E-state index in [0.717, 1.165) is 40.5 Å². The van der Waals surface area contributed by atoms with Crippen LogP contribution in [0.3, 0.4) is 0 Å². The van der Waals surface area contributed by atoms with Crippen LogP contribution in [0.4, 0.5) is 10.3 Å². The molecule has 1 amide bonds. The van der Waals surface area contributed by atoms with E-state index in [1.54, 1.807) is 18.5 Å². The van der Waals surface area contributed by atoms with E-state index >= 15 is 0 Å². The number of carbonyl (C=O) groups excluding carboxylic acids is 1. The lowest BCUT2D eigenvalue weighted by molar-refractivity contribution is -0.125. The number of nitrogens with one attached hydrogen (secondary N) is 1. The highest BCUT2D eigenvalue weighted by Crippen LogP contribution is 2.23. The Bertz CT molecular complexity index is 1010. The maximum Gasteiger partial charge on any atom is 0.225 e. The summed E-state index contributed by atoms with van der Waals surface area (Å²) in [6.07, 6.45) is 5.16. The predicted molar refractivity (Wildman–Crippen MR) is 118 cm³/mol. The number of piperidine rings is 1. The number of halogens is 2. The Hall–Kier alpha value is -2.80. The molecule has 5 nitrogen and oxygen atoms in total. The van der Waals surface area contributed by atoms with Gasteiger partial charge in [-0.2, -0.15) is 0 Å². The highest BCUT2D eigenvalue weighted by Gasteiger charge is 2.27. The largest absolute Gasteiger partial charge is 0.352 e. The van der Waals surface area contributed by atoms with Crippen molar-refractivity contribution in [3.8, 4) is 11.1 Å². The van der Waals surface area contributed by atoms with E-state index in [0.29, 0.717) is 19.0 Å². The first kappa shape index (κ1) is 20.5. The molecule has 1 aliphatic rings. The van der Waals surface area contributed by atoms with Crippen LogP contribution < -0.4 is 10.2 Å². The van der Waals surface area contributed by atoms with Crippen molar-refractivity contribution in [3.63, 3.8) is 0 Å². The molecule has 2 heterocycles. The van der Waals surface area contributed by atoms with Crippen molar-refractivity contribution < 1.29 is 9.18 Å². The van der Waals surface area contributed by atoms with Crippen LogP contribution in [0.5, 0.6) is 0 Å². The quantitative estimate of drug-likeness (QED) is 0.595. The summed E-state index contributed by atoms with van der Waals surface area (Å²) in [4.78, 5) is 23.6. The van der Waals surface area contributed by atoms with E-state index in [1.165, 1.54) is 12.1 Å². The van der Waals surface area contributed by atoms with Crippen molar-refractivity contribution in [2.75, 3.05) is 18.0 Å². The molecule has 1 aliphatic heterocycles. The van der Waals surface area contributed by atoms with Gasteiger partial charge in [-0.15, -0.1) is 0 Å². The van der Waals surface area contributed by atoms with Gasteiger partial charge in [0, 0.05) is 42.1 Å². The highest BCUT2D eigenvalue weighted by molar-refractivity contribution is 9.10. The van der Waals surface area contributed by atoms with Gasteiger partial charge in [0.2, 0.25) is 11.9 Å². The summed E-state index contributed by atoms with van der Waals surface area (Å²) in [6.45, 7) is 1.92. The number of hydrogen-bond donors (Lipinski definition) is 1. The maximum atomic E-state index is 13.4. The molecular formula is C23H22BrFN4O. The lowest BCUT2D eigenvalue weighted by Crippen LogP contribution is -2.43. The van der Waals surface area contributed by atoms with Crippen molar-refractivity contribution in [2.45, 2.75) is 19.4 Å². The number of benzene rings is 2. The summed E-state index contributed by atoms with van der Waals surface area (Å²) >= 11 is 3.42. The summed E-state index contributed by atoms with van der Waals surface area (Å²) in [5, 5.41) is 3.04. The van der Waals surface area contributed by atoms with Gasteiger partial charge in [0.25, 0.3) is 0 Å². The molecule has 0 spiro atoms. The average molecular weight is 469 g/mol. The average Bonchev–Trinajstić information content (AvgIpc) is 2.79. The number of anilines is 1. The Morgan fingerprint density at radius 2 is 1.90 bits per heavy atom. The summed E-state index contributed by atoms with van der Waals surface area (Å²) in [5.74, 6) is 0.268. The fourth-order valence-electron chi connectivity index (χ4n) is 3.61. The number of hydrogen-bond acceptors (Lipinski definition) is 4. The molecule has 1 saturated heterocycles. The van der Waals surface area contributed by atoms with Gasteiger partial charge in [-0.3, -0.25) is 4.79 Å². The van der Waals surface area contributed by atoms with Crippen molar-refractivity contribution in [1.29, 1.82) is 0 Å². The summed E-state index contributed by atoms with van der Waals surface area (Å²) in [7, 11) is 0. The van der Waals surface area contributed by atoms with E-state index < -0.39 is 0 Å². The topological polar surface area (TPSA) is 58.1 Å². The molecule has 0 saturated carbocycles. The van der Waals surface area contributed by atoms with Crippen molar-refractivity contribution in [1.82, 2.24) is 15.3 Å². The second-order valence-electron chi connectivity index (χ2n) is 7.41. The highest BCUT2D eigenvalue weighted by atomic mass is 79.9. The third-order valence-corrected chi connectivity index (χ3v) is 5.78. The molecule has 1 aromatic heterocycles. The first-order chi connectivity index (χ1) is 14.6.